The van der Waals surface area contributed by atoms with Crippen molar-refractivity contribution in [2.45, 2.75) is 65.1 Å². The zero-order valence-corrected chi connectivity index (χ0v) is 10.7. The van der Waals surface area contributed by atoms with Crippen molar-refractivity contribution in [1.29, 1.82) is 0 Å². The molecule has 2 rings (SSSR count). The lowest BCUT2D eigenvalue weighted by Crippen LogP contribution is -2.38. The maximum absolute atomic E-state index is 3.72. The third kappa shape index (κ3) is 3.18. The summed E-state index contributed by atoms with van der Waals surface area (Å²) in [6.45, 7) is 11.7. The fourth-order valence-corrected chi connectivity index (χ4v) is 2.57. The van der Waals surface area contributed by atoms with Gasteiger partial charge in [-0.05, 0) is 31.6 Å². The smallest absolute Gasteiger partial charge is 0.0210 e. The quantitative estimate of drug-likeness (QED) is 0.768. The first-order valence-electron chi connectivity index (χ1n) is 6.45. The Balaban J connectivity index is 1.76. The Morgan fingerprint density at radius 1 is 1.27 bits per heavy atom. The molecular formula is C13H26N2. The molecule has 2 nitrogen and oxygen atoms in total. The van der Waals surface area contributed by atoms with Gasteiger partial charge >= 0.3 is 0 Å². The lowest BCUT2D eigenvalue weighted by molar-refractivity contribution is 0.253. The molecule has 0 amide bonds. The Morgan fingerprint density at radius 2 is 1.93 bits per heavy atom. The summed E-state index contributed by atoms with van der Waals surface area (Å²) in [6, 6.07) is 2.47. The van der Waals surface area contributed by atoms with Crippen molar-refractivity contribution < 1.29 is 0 Å². The van der Waals surface area contributed by atoms with Crippen LogP contribution in [0.25, 0.3) is 0 Å². The van der Waals surface area contributed by atoms with E-state index in [1.54, 1.807) is 0 Å². The first-order chi connectivity index (χ1) is 6.96. The van der Waals surface area contributed by atoms with Crippen LogP contribution in [0.2, 0.25) is 0 Å². The lowest BCUT2D eigenvalue weighted by atomic mass is 9.96. The molecule has 2 fully saturated rings. The molecule has 0 aromatic rings. The molecule has 0 radical (unpaired) electrons. The van der Waals surface area contributed by atoms with E-state index in [-0.39, 0.29) is 0 Å². The van der Waals surface area contributed by atoms with Crippen LogP contribution < -0.4 is 5.32 Å². The number of hydrogen-bond donors (Lipinski definition) is 1. The van der Waals surface area contributed by atoms with Crippen molar-refractivity contribution in [1.82, 2.24) is 10.2 Å². The molecule has 1 saturated carbocycles. The van der Waals surface area contributed by atoms with Crippen LogP contribution in [0, 0.1) is 5.41 Å². The van der Waals surface area contributed by atoms with E-state index in [9.17, 15) is 0 Å². The van der Waals surface area contributed by atoms with Gasteiger partial charge in [0.05, 0.1) is 0 Å². The minimum absolute atomic E-state index is 0.413. The first kappa shape index (κ1) is 11.4. The molecule has 0 spiro atoms. The molecule has 0 aromatic carbocycles. The lowest BCUT2D eigenvalue weighted by Gasteiger charge is -2.23. The van der Waals surface area contributed by atoms with Crippen LogP contribution in [0.15, 0.2) is 0 Å². The van der Waals surface area contributed by atoms with E-state index >= 15 is 0 Å². The van der Waals surface area contributed by atoms with Crippen LogP contribution in [-0.2, 0) is 0 Å². The highest BCUT2D eigenvalue weighted by molar-refractivity contribution is 4.96. The molecule has 1 aliphatic carbocycles. The molecule has 15 heavy (non-hydrogen) atoms. The van der Waals surface area contributed by atoms with Gasteiger partial charge in [-0.15, -0.1) is 0 Å². The number of hydrogen-bond acceptors (Lipinski definition) is 2. The molecule has 1 heterocycles. The van der Waals surface area contributed by atoms with Crippen molar-refractivity contribution in [2.24, 2.45) is 5.41 Å². The molecule has 2 unspecified atom stereocenters. The molecule has 1 N–H and O–H groups in total. The monoisotopic (exact) mass is 210 g/mol. The van der Waals surface area contributed by atoms with Gasteiger partial charge in [0.1, 0.15) is 0 Å². The standard InChI is InChI=1S/C13H26N2/c1-10-7-11(14-9-13(2,3)4)8-15(10)12-5-6-12/h10-12,14H,5-9H2,1-4H3. The van der Waals surface area contributed by atoms with Gasteiger partial charge in [0.2, 0.25) is 0 Å². The summed E-state index contributed by atoms with van der Waals surface area (Å²) in [6.07, 6.45) is 4.22. The zero-order chi connectivity index (χ0) is 11.1. The Bertz CT molecular complexity index is 215. The van der Waals surface area contributed by atoms with E-state index in [0.29, 0.717) is 5.41 Å². The van der Waals surface area contributed by atoms with Crippen LogP contribution in [0.3, 0.4) is 0 Å². The van der Waals surface area contributed by atoms with Crippen molar-refractivity contribution in [3.05, 3.63) is 0 Å². The summed E-state index contributed by atoms with van der Waals surface area (Å²) in [7, 11) is 0. The van der Waals surface area contributed by atoms with Crippen molar-refractivity contribution in [3.8, 4) is 0 Å². The highest BCUT2D eigenvalue weighted by atomic mass is 15.3. The van der Waals surface area contributed by atoms with E-state index in [1.165, 1.54) is 25.8 Å². The average Bonchev–Trinajstić information content (AvgIpc) is 2.87. The molecule has 88 valence electrons. The fraction of sp³-hybridized carbons (Fsp3) is 1.00. The van der Waals surface area contributed by atoms with Gasteiger partial charge in [0.15, 0.2) is 0 Å². The Hall–Kier alpha value is -0.0800. The summed E-state index contributed by atoms with van der Waals surface area (Å²) in [5.74, 6) is 0. The van der Waals surface area contributed by atoms with Gasteiger partial charge in [-0.2, -0.15) is 0 Å². The molecule has 1 aliphatic heterocycles. The Labute approximate surface area is 94.4 Å². The predicted octanol–water partition coefficient (Wildman–Crippen LogP) is 2.25. The van der Waals surface area contributed by atoms with Crippen molar-refractivity contribution in [3.63, 3.8) is 0 Å². The summed E-state index contributed by atoms with van der Waals surface area (Å²) < 4.78 is 0. The third-order valence-electron chi connectivity index (χ3n) is 3.56. The Kier molecular flexibility index (Phi) is 3.09. The second-order valence-electron chi connectivity index (χ2n) is 6.65. The van der Waals surface area contributed by atoms with Gasteiger partial charge < -0.3 is 5.32 Å². The largest absolute Gasteiger partial charge is 0.312 e. The minimum atomic E-state index is 0.413. The minimum Gasteiger partial charge on any atom is -0.312 e. The average molecular weight is 210 g/mol. The van der Waals surface area contributed by atoms with Gasteiger partial charge in [-0.1, -0.05) is 20.8 Å². The summed E-state index contributed by atoms with van der Waals surface area (Å²) in [5, 5.41) is 3.72. The van der Waals surface area contributed by atoms with Crippen molar-refractivity contribution >= 4 is 0 Å². The van der Waals surface area contributed by atoms with Crippen LogP contribution >= 0.6 is 0 Å². The van der Waals surface area contributed by atoms with Gasteiger partial charge in [-0.25, -0.2) is 0 Å². The third-order valence-corrected chi connectivity index (χ3v) is 3.56. The number of nitrogens with zero attached hydrogens (tertiary/aromatic N) is 1. The van der Waals surface area contributed by atoms with E-state index < -0.39 is 0 Å². The first-order valence-corrected chi connectivity index (χ1v) is 6.45. The highest BCUT2D eigenvalue weighted by Crippen LogP contribution is 2.33. The van der Waals surface area contributed by atoms with Crippen LogP contribution in [0.4, 0.5) is 0 Å². The SMILES string of the molecule is CC1CC(NCC(C)(C)C)CN1C1CC1. The second-order valence-corrected chi connectivity index (χ2v) is 6.65. The summed E-state index contributed by atoms with van der Waals surface area (Å²) in [4.78, 5) is 2.71. The molecule has 2 atom stereocenters. The highest BCUT2D eigenvalue weighted by Gasteiger charge is 2.38. The topological polar surface area (TPSA) is 15.3 Å². The zero-order valence-electron chi connectivity index (χ0n) is 10.7. The molecule has 0 aromatic heterocycles. The van der Waals surface area contributed by atoms with E-state index in [2.05, 4.69) is 37.9 Å². The number of rotatable bonds is 3. The van der Waals surface area contributed by atoms with Crippen LogP contribution in [0.5, 0.6) is 0 Å². The van der Waals surface area contributed by atoms with E-state index in [0.717, 1.165) is 24.7 Å². The van der Waals surface area contributed by atoms with E-state index in [4.69, 9.17) is 0 Å². The number of nitrogens with one attached hydrogen (secondary N) is 1. The van der Waals surface area contributed by atoms with Crippen LogP contribution in [-0.4, -0.2) is 36.1 Å². The van der Waals surface area contributed by atoms with Gasteiger partial charge in [-0.3, -0.25) is 4.90 Å². The predicted molar refractivity (Wildman–Crippen MR) is 65.1 cm³/mol. The molecule has 2 heteroatoms. The summed E-state index contributed by atoms with van der Waals surface area (Å²) in [5.41, 5.74) is 0.413. The fourth-order valence-electron chi connectivity index (χ4n) is 2.57. The van der Waals surface area contributed by atoms with Crippen LogP contribution in [0.1, 0.15) is 47.0 Å². The van der Waals surface area contributed by atoms with Gasteiger partial charge in [0, 0.05) is 31.2 Å². The normalized spacial score (nSPS) is 33.6. The molecule has 0 bridgehead atoms. The maximum atomic E-state index is 3.72. The van der Waals surface area contributed by atoms with Gasteiger partial charge in [0.25, 0.3) is 0 Å². The Morgan fingerprint density at radius 3 is 2.47 bits per heavy atom. The molecule has 1 saturated heterocycles. The summed E-state index contributed by atoms with van der Waals surface area (Å²) >= 11 is 0. The van der Waals surface area contributed by atoms with E-state index in [1.807, 2.05) is 0 Å². The number of likely N-dealkylation sites (tertiary alicyclic amines) is 1. The maximum Gasteiger partial charge on any atom is 0.0210 e. The molecular weight excluding hydrogens is 184 g/mol. The second kappa shape index (κ2) is 4.06. The van der Waals surface area contributed by atoms with Crippen molar-refractivity contribution in [2.75, 3.05) is 13.1 Å². The molecule has 2 aliphatic rings.